The molecule has 0 unspecified atom stereocenters. The molecule has 0 aliphatic rings. The van der Waals surface area contributed by atoms with Gasteiger partial charge >= 0.3 is 0 Å². The lowest BCUT2D eigenvalue weighted by Gasteiger charge is -2.09. The zero-order valence-electron chi connectivity index (χ0n) is 14.5. The number of aryl methyl sites for hydroxylation is 2. The molecular weight excluding hydrogens is 350 g/mol. The summed E-state index contributed by atoms with van der Waals surface area (Å²) in [6, 6.07) is 15.3. The van der Waals surface area contributed by atoms with Crippen molar-refractivity contribution in [2.24, 2.45) is 0 Å². The van der Waals surface area contributed by atoms with E-state index in [0.29, 0.717) is 11.3 Å². The summed E-state index contributed by atoms with van der Waals surface area (Å²) >= 11 is 0. The quantitative estimate of drug-likeness (QED) is 0.734. The summed E-state index contributed by atoms with van der Waals surface area (Å²) in [5.74, 6) is -0.770. The number of furan rings is 1. The standard InChI is InChI=1S/C20H19NO4S/c1-14-8-9-18(15(2)12-14)21-20(22)19-16(10-11-25-19)13-26(23,24)17-6-4-3-5-7-17/h3-12H,13H2,1-2H3,(H,21,22). The Bertz CT molecular complexity index is 1040. The number of anilines is 1. The van der Waals surface area contributed by atoms with E-state index in [-0.39, 0.29) is 16.4 Å². The summed E-state index contributed by atoms with van der Waals surface area (Å²) < 4.78 is 30.4. The fourth-order valence-corrected chi connectivity index (χ4v) is 4.07. The Balaban J connectivity index is 1.83. The van der Waals surface area contributed by atoms with Gasteiger partial charge in [-0.2, -0.15) is 0 Å². The second-order valence-corrected chi connectivity index (χ2v) is 8.11. The molecule has 134 valence electrons. The molecule has 26 heavy (non-hydrogen) atoms. The van der Waals surface area contributed by atoms with E-state index in [9.17, 15) is 13.2 Å². The number of carbonyl (C=O) groups is 1. The zero-order valence-corrected chi connectivity index (χ0v) is 15.3. The average molecular weight is 369 g/mol. The van der Waals surface area contributed by atoms with E-state index in [1.165, 1.54) is 24.5 Å². The highest BCUT2D eigenvalue weighted by atomic mass is 32.2. The van der Waals surface area contributed by atoms with Crippen molar-refractivity contribution in [1.82, 2.24) is 0 Å². The Morgan fingerprint density at radius 1 is 1.04 bits per heavy atom. The van der Waals surface area contributed by atoms with Gasteiger partial charge in [0.15, 0.2) is 15.6 Å². The van der Waals surface area contributed by atoms with Crippen LogP contribution in [0.1, 0.15) is 27.2 Å². The van der Waals surface area contributed by atoms with E-state index in [0.717, 1.165) is 11.1 Å². The molecule has 0 radical (unpaired) electrons. The van der Waals surface area contributed by atoms with Crippen molar-refractivity contribution in [2.75, 3.05) is 5.32 Å². The van der Waals surface area contributed by atoms with Gasteiger partial charge < -0.3 is 9.73 Å². The highest BCUT2D eigenvalue weighted by molar-refractivity contribution is 7.90. The minimum atomic E-state index is -3.57. The molecule has 0 atom stereocenters. The Morgan fingerprint density at radius 3 is 2.46 bits per heavy atom. The van der Waals surface area contributed by atoms with Crippen LogP contribution in [-0.2, 0) is 15.6 Å². The Hall–Kier alpha value is -2.86. The monoisotopic (exact) mass is 369 g/mol. The second-order valence-electron chi connectivity index (χ2n) is 6.12. The van der Waals surface area contributed by atoms with Crippen LogP contribution in [0.25, 0.3) is 0 Å². The van der Waals surface area contributed by atoms with Crippen LogP contribution >= 0.6 is 0 Å². The minimum Gasteiger partial charge on any atom is -0.459 e. The van der Waals surface area contributed by atoms with Crippen LogP contribution in [0.4, 0.5) is 5.69 Å². The lowest BCUT2D eigenvalue weighted by Crippen LogP contribution is -2.15. The van der Waals surface area contributed by atoms with E-state index >= 15 is 0 Å². The van der Waals surface area contributed by atoms with Crippen molar-refractivity contribution in [3.05, 3.63) is 83.3 Å². The van der Waals surface area contributed by atoms with Crippen molar-refractivity contribution < 1.29 is 17.6 Å². The van der Waals surface area contributed by atoms with Gasteiger partial charge in [-0.1, -0.05) is 35.9 Å². The SMILES string of the molecule is Cc1ccc(NC(=O)c2occc2CS(=O)(=O)c2ccccc2)c(C)c1. The number of sulfone groups is 1. The van der Waals surface area contributed by atoms with Crippen LogP contribution in [0.15, 0.2) is 70.2 Å². The molecule has 0 aliphatic carbocycles. The molecule has 2 aromatic carbocycles. The van der Waals surface area contributed by atoms with Crippen molar-refractivity contribution in [2.45, 2.75) is 24.5 Å². The first kappa shape index (κ1) is 17.9. The van der Waals surface area contributed by atoms with Gasteiger partial charge in [0, 0.05) is 11.3 Å². The molecule has 6 heteroatoms. The van der Waals surface area contributed by atoms with Gasteiger partial charge in [0.2, 0.25) is 0 Å². The van der Waals surface area contributed by atoms with Crippen molar-refractivity contribution >= 4 is 21.4 Å². The highest BCUT2D eigenvalue weighted by Crippen LogP contribution is 2.22. The van der Waals surface area contributed by atoms with Crippen LogP contribution in [0.3, 0.4) is 0 Å². The molecule has 3 aromatic rings. The topological polar surface area (TPSA) is 76.4 Å². The summed E-state index contributed by atoms with van der Waals surface area (Å²) in [7, 11) is -3.57. The van der Waals surface area contributed by atoms with Crippen molar-refractivity contribution in [1.29, 1.82) is 0 Å². The molecular formula is C20H19NO4S. The molecule has 0 saturated carbocycles. The molecule has 1 aromatic heterocycles. The fraction of sp³-hybridized carbons (Fsp3) is 0.150. The molecule has 0 saturated heterocycles. The lowest BCUT2D eigenvalue weighted by atomic mass is 10.1. The van der Waals surface area contributed by atoms with Crippen LogP contribution in [-0.4, -0.2) is 14.3 Å². The van der Waals surface area contributed by atoms with Gasteiger partial charge in [0.1, 0.15) is 0 Å². The summed E-state index contributed by atoms with van der Waals surface area (Å²) in [6.07, 6.45) is 1.33. The van der Waals surface area contributed by atoms with E-state index in [2.05, 4.69) is 5.32 Å². The second kappa shape index (κ2) is 7.17. The maximum Gasteiger partial charge on any atom is 0.291 e. The van der Waals surface area contributed by atoms with Crippen LogP contribution in [0.2, 0.25) is 0 Å². The average Bonchev–Trinajstić information content (AvgIpc) is 3.05. The third-order valence-electron chi connectivity index (χ3n) is 4.03. The molecule has 1 amide bonds. The Labute approximate surface area is 152 Å². The van der Waals surface area contributed by atoms with Gasteiger partial charge in [-0.05, 0) is 43.7 Å². The summed E-state index contributed by atoms with van der Waals surface area (Å²) in [5.41, 5.74) is 3.00. The van der Waals surface area contributed by atoms with Crippen LogP contribution in [0, 0.1) is 13.8 Å². The third-order valence-corrected chi connectivity index (χ3v) is 5.71. The molecule has 0 aliphatic heterocycles. The van der Waals surface area contributed by atoms with Crippen LogP contribution in [0.5, 0.6) is 0 Å². The normalized spacial score (nSPS) is 11.3. The zero-order chi connectivity index (χ0) is 18.7. The van der Waals surface area contributed by atoms with E-state index < -0.39 is 15.7 Å². The number of rotatable bonds is 5. The largest absolute Gasteiger partial charge is 0.459 e. The van der Waals surface area contributed by atoms with Gasteiger partial charge in [-0.15, -0.1) is 0 Å². The van der Waals surface area contributed by atoms with Gasteiger partial charge in [0.25, 0.3) is 5.91 Å². The highest BCUT2D eigenvalue weighted by Gasteiger charge is 2.22. The van der Waals surface area contributed by atoms with Gasteiger partial charge in [-0.3, -0.25) is 4.79 Å². The molecule has 1 heterocycles. The van der Waals surface area contributed by atoms with E-state index in [1.807, 2.05) is 32.0 Å². The maximum absolute atomic E-state index is 12.6. The van der Waals surface area contributed by atoms with Crippen molar-refractivity contribution in [3.8, 4) is 0 Å². The molecule has 0 spiro atoms. The molecule has 1 N–H and O–H groups in total. The predicted molar refractivity (Wildman–Crippen MR) is 99.9 cm³/mol. The number of carbonyl (C=O) groups excluding carboxylic acids is 1. The first-order valence-corrected chi connectivity index (χ1v) is 9.75. The fourth-order valence-electron chi connectivity index (χ4n) is 2.70. The first-order valence-electron chi connectivity index (χ1n) is 8.09. The van der Waals surface area contributed by atoms with E-state index in [1.54, 1.807) is 18.2 Å². The molecule has 3 rings (SSSR count). The molecule has 0 bridgehead atoms. The van der Waals surface area contributed by atoms with Gasteiger partial charge in [-0.25, -0.2) is 8.42 Å². The van der Waals surface area contributed by atoms with Gasteiger partial charge in [0.05, 0.1) is 16.9 Å². The van der Waals surface area contributed by atoms with Crippen LogP contribution < -0.4 is 5.32 Å². The smallest absolute Gasteiger partial charge is 0.291 e. The Kier molecular flexibility index (Phi) is 4.95. The lowest BCUT2D eigenvalue weighted by molar-refractivity contribution is 0.0995. The summed E-state index contributed by atoms with van der Waals surface area (Å²) in [4.78, 5) is 12.8. The third kappa shape index (κ3) is 3.86. The summed E-state index contributed by atoms with van der Waals surface area (Å²) in [5, 5.41) is 2.78. The summed E-state index contributed by atoms with van der Waals surface area (Å²) in [6.45, 7) is 3.86. The molecule has 5 nitrogen and oxygen atoms in total. The minimum absolute atomic E-state index is 0.00415. The number of amides is 1. The maximum atomic E-state index is 12.6. The molecule has 0 fully saturated rings. The predicted octanol–water partition coefficient (Wildman–Crippen LogP) is 4.12. The number of hydrogen-bond donors (Lipinski definition) is 1. The number of benzene rings is 2. The Morgan fingerprint density at radius 2 is 1.77 bits per heavy atom. The van der Waals surface area contributed by atoms with Crippen molar-refractivity contribution in [3.63, 3.8) is 0 Å². The number of hydrogen-bond acceptors (Lipinski definition) is 4. The van der Waals surface area contributed by atoms with E-state index in [4.69, 9.17) is 4.42 Å². The first-order chi connectivity index (χ1) is 12.4. The number of nitrogens with one attached hydrogen (secondary N) is 1.